The van der Waals surface area contributed by atoms with Gasteiger partial charge in [-0.05, 0) is 66.1 Å². The maximum atomic E-state index is 13.1. The minimum atomic E-state index is -0.314. The minimum Gasteiger partial charge on any atom is -0.399 e. The molecular formula is C23H18Cl2FN3OS. The van der Waals surface area contributed by atoms with Gasteiger partial charge in [-0.1, -0.05) is 46.6 Å². The van der Waals surface area contributed by atoms with E-state index in [1.54, 1.807) is 36.0 Å². The van der Waals surface area contributed by atoms with E-state index in [1.807, 2.05) is 30.3 Å². The largest absolute Gasteiger partial charge is 0.399 e. The van der Waals surface area contributed by atoms with Crippen LogP contribution in [0.3, 0.4) is 0 Å². The zero-order valence-corrected chi connectivity index (χ0v) is 18.6. The van der Waals surface area contributed by atoms with Crippen LogP contribution in [0.15, 0.2) is 71.3 Å². The predicted molar refractivity (Wildman–Crippen MR) is 125 cm³/mol. The van der Waals surface area contributed by atoms with Gasteiger partial charge in [0.05, 0.1) is 5.75 Å². The van der Waals surface area contributed by atoms with Gasteiger partial charge in [-0.25, -0.2) is 4.39 Å². The second kappa shape index (κ2) is 9.73. The highest BCUT2D eigenvalue weighted by Gasteiger charge is 2.19. The topological polar surface area (TPSA) is 64.9 Å². The first kappa shape index (κ1) is 21.7. The Morgan fingerprint density at radius 3 is 2.58 bits per heavy atom. The van der Waals surface area contributed by atoms with Gasteiger partial charge in [0.15, 0.2) is 0 Å². The Morgan fingerprint density at radius 1 is 1.03 bits per heavy atom. The van der Waals surface area contributed by atoms with Crippen molar-refractivity contribution in [3.8, 4) is 11.4 Å². The average Bonchev–Trinajstić information content (AvgIpc) is 3.23. The fourth-order valence-corrected chi connectivity index (χ4v) is 4.82. The van der Waals surface area contributed by atoms with E-state index in [1.165, 1.54) is 12.1 Å². The Labute approximate surface area is 193 Å². The predicted octanol–water partition coefficient (Wildman–Crippen LogP) is 6.98. The van der Waals surface area contributed by atoms with Crippen molar-refractivity contribution in [3.63, 3.8) is 0 Å². The van der Waals surface area contributed by atoms with Gasteiger partial charge in [0.25, 0.3) is 0 Å². The lowest BCUT2D eigenvalue weighted by molar-refractivity contribution is 0.391. The van der Waals surface area contributed by atoms with E-state index in [2.05, 4.69) is 10.1 Å². The van der Waals surface area contributed by atoms with Gasteiger partial charge in [0, 0.05) is 26.5 Å². The summed E-state index contributed by atoms with van der Waals surface area (Å²) in [5.41, 5.74) is 9.48. The Kier molecular flexibility index (Phi) is 6.80. The minimum absolute atomic E-state index is 0.00404. The van der Waals surface area contributed by atoms with E-state index in [0.29, 0.717) is 45.2 Å². The SMILES string of the molecule is Nc1ccc(Cl)cc1CC(SCc1nc(-c2ccc(F)cc2)no1)c1ccccc1Cl. The van der Waals surface area contributed by atoms with E-state index in [9.17, 15) is 4.39 Å². The molecular weight excluding hydrogens is 456 g/mol. The van der Waals surface area contributed by atoms with Crippen LogP contribution >= 0.6 is 35.0 Å². The highest BCUT2D eigenvalue weighted by molar-refractivity contribution is 7.98. The average molecular weight is 474 g/mol. The van der Waals surface area contributed by atoms with Gasteiger partial charge < -0.3 is 10.3 Å². The van der Waals surface area contributed by atoms with Crippen LogP contribution in [-0.2, 0) is 12.2 Å². The molecule has 4 aromatic rings. The molecule has 4 rings (SSSR count). The normalized spacial score (nSPS) is 12.1. The Morgan fingerprint density at radius 2 is 1.81 bits per heavy atom. The Hall–Kier alpha value is -2.54. The second-order valence-corrected chi connectivity index (χ2v) is 8.92. The van der Waals surface area contributed by atoms with Crippen molar-refractivity contribution in [1.29, 1.82) is 0 Å². The summed E-state index contributed by atoms with van der Waals surface area (Å²) in [4.78, 5) is 4.44. The molecule has 0 saturated heterocycles. The molecule has 1 aromatic heterocycles. The molecule has 0 radical (unpaired) electrons. The van der Waals surface area contributed by atoms with Crippen LogP contribution in [0.5, 0.6) is 0 Å². The monoisotopic (exact) mass is 473 g/mol. The van der Waals surface area contributed by atoms with Gasteiger partial charge in [0.2, 0.25) is 11.7 Å². The van der Waals surface area contributed by atoms with Gasteiger partial charge in [-0.2, -0.15) is 4.98 Å². The summed E-state index contributed by atoms with van der Waals surface area (Å²) < 4.78 is 18.6. The number of hydrogen-bond donors (Lipinski definition) is 1. The number of aromatic nitrogens is 2. The summed E-state index contributed by atoms with van der Waals surface area (Å²) in [6, 6.07) is 19.1. The van der Waals surface area contributed by atoms with Crippen LogP contribution in [0.1, 0.15) is 22.3 Å². The van der Waals surface area contributed by atoms with Crippen molar-refractivity contribution in [2.45, 2.75) is 17.4 Å². The summed E-state index contributed by atoms with van der Waals surface area (Å²) in [7, 11) is 0. The molecule has 2 N–H and O–H groups in total. The first-order valence-corrected chi connectivity index (χ1v) is 11.3. The quantitative estimate of drug-likeness (QED) is 0.293. The number of thioether (sulfide) groups is 1. The molecule has 0 aliphatic carbocycles. The lowest BCUT2D eigenvalue weighted by Gasteiger charge is -2.19. The molecule has 8 heteroatoms. The summed E-state index contributed by atoms with van der Waals surface area (Å²) in [6.45, 7) is 0. The molecule has 1 atom stereocenters. The van der Waals surface area contributed by atoms with Crippen molar-refractivity contribution in [2.75, 3.05) is 5.73 Å². The van der Waals surface area contributed by atoms with Crippen molar-refractivity contribution >= 4 is 40.7 Å². The van der Waals surface area contributed by atoms with E-state index in [0.717, 1.165) is 11.1 Å². The number of hydrogen-bond acceptors (Lipinski definition) is 5. The van der Waals surface area contributed by atoms with Crippen LogP contribution in [0.2, 0.25) is 10.0 Å². The summed E-state index contributed by atoms with van der Waals surface area (Å²) in [6.07, 6.45) is 0.639. The van der Waals surface area contributed by atoms with E-state index >= 15 is 0 Å². The van der Waals surface area contributed by atoms with Crippen LogP contribution in [-0.4, -0.2) is 10.1 Å². The van der Waals surface area contributed by atoms with Gasteiger partial charge in [-0.15, -0.1) is 11.8 Å². The van der Waals surface area contributed by atoms with Crippen molar-refractivity contribution in [3.05, 3.63) is 99.6 Å². The summed E-state index contributed by atoms with van der Waals surface area (Å²) >= 11 is 14.3. The van der Waals surface area contributed by atoms with Crippen LogP contribution in [0, 0.1) is 5.82 Å². The fourth-order valence-electron chi connectivity index (χ4n) is 3.15. The number of nitrogens with zero attached hydrogens (tertiary/aromatic N) is 2. The molecule has 1 unspecified atom stereocenters. The molecule has 158 valence electrons. The Balaban J connectivity index is 1.55. The van der Waals surface area contributed by atoms with Crippen molar-refractivity contribution in [2.24, 2.45) is 0 Å². The van der Waals surface area contributed by atoms with Gasteiger partial charge >= 0.3 is 0 Å². The molecule has 0 bridgehead atoms. The van der Waals surface area contributed by atoms with Crippen molar-refractivity contribution in [1.82, 2.24) is 10.1 Å². The molecule has 0 fully saturated rings. The number of halogens is 3. The fraction of sp³-hybridized carbons (Fsp3) is 0.130. The third kappa shape index (κ3) is 5.39. The van der Waals surface area contributed by atoms with Crippen molar-refractivity contribution < 1.29 is 8.91 Å². The third-order valence-corrected chi connectivity index (χ3v) is 6.56. The zero-order chi connectivity index (χ0) is 21.8. The standard InChI is InChI=1S/C23H18Cl2FN3OS/c24-16-7-10-20(27)15(11-16)12-21(18-3-1-2-4-19(18)25)31-13-22-28-23(29-30-22)14-5-8-17(26)9-6-14/h1-11,21H,12-13,27H2. The third-order valence-electron chi connectivity index (χ3n) is 4.74. The lowest BCUT2D eigenvalue weighted by Crippen LogP contribution is -2.04. The maximum Gasteiger partial charge on any atom is 0.236 e. The molecule has 0 aliphatic rings. The lowest BCUT2D eigenvalue weighted by atomic mass is 10.0. The molecule has 31 heavy (non-hydrogen) atoms. The van der Waals surface area contributed by atoms with E-state index < -0.39 is 0 Å². The molecule has 0 aliphatic heterocycles. The summed E-state index contributed by atoms with van der Waals surface area (Å²) in [5, 5.41) is 5.32. The first-order valence-electron chi connectivity index (χ1n) is 9.48. The van der Waals surface area contributed by atoms with E-state index in [4.69, 9.17) is 33.5 Å². The summed E-state index contributed by atoms with van der Waals surface area (Å²) in [5.74, 6) is 1.06. The van der Waals surface area contributed by atoms with Crippen LogP contribution < -0.4 is 5.73 Å². The number of rotatable bonds is 7. The highest BCUT2D eigenvalue weighted by atomic mass is 35.5. The zero-order valence-electron chi connectivity index (χ0n) is 16.3. The maximum absolute atomic E-state index is 13.1. The van der Waals surface area contributed by atoms with Gasteiger partial charge in [-0.3, -0.25) is 0 Å². The molecule has 0 saturated carbocycles. The molecule has 4 nitrogen and oxygen atoms in total. The molecule has 0 amide bonds. The smallest absolute Gasteiger partial charge is 0.236 e. The highest BCUT2D eigenvalue weighted by Crippen LogP contribution is 2.39. The van der Waals surface area contributed by atoms with Crippen LogP contribution in [0.25, 0.3) is 11.4 Å². The van der Waals surface area contributed by atoms with Crippen LogP contribution in [0.4, 0.5) is 10.1 Å². The molecule has 0 spiro atoms. The number of anilines is 1. The number of nitrogens with two attached hydrogens (primary N) is 1. The number of benzene rings is 3. The number of nitrogen functional groups attached to an aromatic ring is 1. The molecule has 1 heterocycles. The molecule has 3 aromatic carbocycles. The second-order valence-electron chi connectivity index (χ2n) is 6.89. The Bertz CT molecular complexity index is 1180. The first-order chi connectivity index (χ1) is 15.0. The van der Waals surface area contributed by atoms with E-state index in [-0.39, 0.29) is 11.1 Å². The van der Waals surface area contributed by atoms with Gasteiger partial charge in [0.1, 0.15) is 5.82 Å².